The minimum atomic E-state index is -0.0768. The number of amides is 1. The van der Waals surface area contributed by atoms with Gasteiger partial charge >= 0.3 is 0 Å². The molecule has 0 unspecified atom stereocenters. The summed E-state index contributed by atoms with van der Waals surface area (Å²) in [5.74, 6) is -0.0768. The van der Waals surface area contributed by atoms with E-state index in [0.717, 1.165) is 21.5 Å². The topological polar surface area (TPSA) is 44.4 Å². The quantitative estimate of drug-likeness (QED) is 0.761. The van der Waals surface area contributed by atoms with Gasteiger partial charge in [0.2, 0.25) is 5.91 Å². The number of nitrogens with zero attached hydrogens (tertiary/aromatic N) is 1. The van der Waals surface area contributed by atoms with Crippen LogP contribution < -0.4 is 15.5 Å². The van der Waals surface area contributed by atoms with E-state index in [1.54, 1.807) is 4.90 Å². The summed E-state index contributed by atoms with van der Waals surface area (Å²) in [6.07, 6.45) is 0. The van der Waals surface area contributed by atoms with Crippen LogP contribution in [0.3, 0.4) is 0 Å². The van der Waals surface area contributed by atoms with Crippen molar-refractivity contribution in [3.63, 3.8) is 0 Å². The number of carbonyl (C=O) groups excluding carboxylic acids is 1. The lowest BCUT2D eigenvalue weighted by Gasteiger charge is -2.31. The average molecular weight is 362 g/mol. The van der Waals surface area contributed by atoms with Gasteiger partial charge in [-0.1, -0.05) is 34.1 Å². The minimum absolute atomic E-state index is 0.0768. The van der Waals surface area contributed by atoms with Gasteiger partial charge in [-0.15, -0.1) is 0 Å². The van der Waals surface area contributed by atoms with Crippen molar-refractivity contribution in [1.82, 2.24) is 0 Å². The van der Waals surface area contributed by atoms with E-state index in [0.29, 0.717) is 5.11 Å². The third kappa shape index (κ3) is 3.06. The van der Waals surface area contributed by atoms with E-state index < -0.39 is 0 Å². The van der Waals surface area contributed by atoms with Crippen molar-refractivity contribution in [2.75, 3.05) is 22.1 Å². The molecule has 1 aliphatic rings. The number of thiocarbonyl (C=S) groups is 1. The summed E-state index contributed by atoms with van der Waals surface area (Å²) in [6.45, 7) is 0.205. The van der Waals surface area contributed by atoms with Gasteiger partial charge in [-0.25, -0.2) is 0 Å². The summed E-state index contributed by atoms with van der Waals surface area (Å²) in [5, 5.41) is 6.50. The maximum absolute atomic E-state index is 11.8. The molecule has 106 valence electrons. The summed E-state index contributed by atoms with van der Waals surface area (Å²) in [6, 6.07) is 15.3. The molecule has 0 bridgehead atoms. The first-order chi connectivity index (χ1) is 10.1. The molecule has 2 aromatic rings. The molecule has 0 atom stereocenters. The Morgan fingerprint density at radius 3 is 2.86 bits per heavy atom. The van der Waals surface area contributed by atoms with Crippen LogP contribution in [-0.2, 0) is 4.79 Å². The van der Waals surface area contributed by atoms with Crippen LogP contribution in [0.15, 0.2) is 53.0 Å². The van der Waals surface area contributed by atoms with Gasteiger partial charge in [0.05, 0.1) is 11.4 Å². The normalized spacial score (nSPS) is 13.4. The number of fused-ring (bicyclic) bond motifs is 1. The molecule has 0 aromatic heterocycles. The number of nitrogens with one attached hydrogen (secondary N) is 2. The highest BCUT2D eigenvalue weighted by molar-refractivity contribution is 9.10. The van der Waals surface area contributed by atoms with Crippen LogP contribution in [0.1, 0.15) is 0 Å². The van der Waals surface area contributed by atoms with Crippen molar-refractivity contribution in [1.29, 1.82) is 0 Å². The number of anilines is 3. The molecule has 0 fully saturated rings. The van der Waals surface area contributed by atoms with Crippen LogP contribution in [0.5, 0.6) is 0 Å². The Labute approximate surface area is 136 Å². The first kappa shape index (κ1) is 14.0. The van der Waals surface area contributed by atoms with Gasteiger partial charge in [0.15, 0.2) is 5.11 Å². The molecule has 3 rings (SSSR count). The van der Waals surface area contributed by atoms with Crippen LogP contribution >= 0.6 is 28.1 Å². The average Bonchev–Trinajstić information content (AvgIpc) is 2.46. The van der Waals surface area contributed by atoms with Crippen molar-refractivity contribution < 1.29 is 4.79 Å². The molecule has 0 aliphatic carbocycles. The first-order valence-corrected chi connectivity index (χ1v) is 7.56. The van der Waals surface area contributed by atoms with Crippen LogP contribution in [0.4, 0.5) is 17.1 Å². The predicted octanol–water partition coefficient (Wildman–Crippen LogP) is 3.60. The van der Waals surface area contributed by atoms with Gasteiger partial charge in [0.25, 0.3) is 0 Å². The fourth-order valence-corrected chi connectivity index (χ4v) is 2.85. The molecule has 1 aliphatic heterocycles. The number of hydrogen-bond donors (Lipinski definition) is 2. The Morgan fingerprint density at radius 2 is 2.05 bits per heavy atom. The Hall–Kier alpha value is -1.92. The van der Waals surface area contributed by atoms with E-state index in [9.17, 15) is 4.79 Å². The molecular formula is C15H12BrN3OS. The van der Waals surface area contributed by atoms with Crippen molar-refractivity contribution in [3.8, 4) is 0 Å². The first-order valence-electron chi connectivity index (χ1n) is 6.36. The van der Waals surface area contributed by atoms with E-state index in [4.69, 9.17) is 12.2 Å². The summed E-state index contributed by atoms with van der Waals surface area (Å²) in [7, 11) is 0. The van der Waals surface area contributed by atoms with Crippen LogP contribution in [0, 0.1) is 0 Å². The van der Waals surface area contributed by atoms with E-state index in [-0.39, 0.29) is 12.5 Å². The second kappa shape index (κ2) is 5.83. The lowest BCUT2D eigenvalue weighted by Crippen LogP contribution is -2.44. The molecule has 2 N–H and O–H groups in total. The highest BCUT2D eigenvalue weighted by atomic mass is 79.9. The molecule has 21 heavy (non-hydrogen) atoms. The fourth-order valence-electron chi connectivity index (χ4n) is 2.17. The smallest absolute Gasteiger partial charge is 0.244 e. The maximum Gasteiger partial charge on any atom is 0.244 e. The molecule has 0 saturated carbocycles. The lowest BCUT2D eigenvalue weighted by molar-refractivity contribution is -0.115. The molecule has 1 heterocycles. The SMILES string of the molecule is O=C1CN(C(=S)Nc2cccc(Br)c2)c2ccccc2N1. The molecular weight excluding hydrogens is 350 g/mol. The Bertz CT molecular complexity index is 720. The van der Waals surface area contributed by atoms with Crippen LogP contribution in [-0.4, -0.2) is 17.6 Å². The van der Waals surface area contributed by atoms with Crippen LogP contribution in [0.2, 0.25) is 0 Å². The standard InChI is InChI=1S/C15H12BrN3OS/c16-10-4-3-5-11(8-10)17-15(21)19-9-14(20)18-12-6-1-2-7-13(12)19/h1-8H,9H2,(H,17,21)(H,18,20). The molecule has 0 radical (unpaired) electrons. The Kier molecular flexibility index (Phi) is 3.90. The van der Waals surface area contributed by atoms with Gasteiger partial charge in [-0.2, -0.15) is 0 Å². The summed E-state index contributed by atoms with van der Waals surface area (Å²) in [4.78, 5) is 13.6. The van der Waals surface area contributed by atoms with E-state index in [1.807, 2.05) is 48.5 Å². The number of rotatable bonds is 1. The fraction of sp³-hybridized carbons (Fsp3) is 0.0667. The predicted molar refractivity (Wildman–Crippen MR) is 92.8 cm³/mol. The van der Waals surface area contributed by atoms with Crippen molar-refractivity contribution in [2.24, 2.45) is 0 Å². The molecule has 0 spiro atoms. The van der Waals surface area contributed by atoms with E-state index >= 15 is 0 Å². The largest absolute Gasteiger partial charge is 0.332 e. The zero-order valence-electron chi connectivity index (χ0n) is 11.0. The molecule has 2 aromatic carbocycles. The number of para-hydroxylation sites is 2. The minimum Gasteiger partial charge on any atom is -0.332 e. The van der Waals surface area contributed by atoms with Crippen molar-refractivity contribution in [3.05, 3.63) is 53.0 Å². The Balaban J connectivity index is 1.86. The molecule has 6 heteroatoms. The second-order valence-electron chi connectivity index (χ2n) is 4.59. The van der Waals surface area contributed by atoms with Crippen molar-refractivity contribution >= 4 is 56.2 Å². The second-order valence-corrected chi connectivity index (χ2v) is 5.89. The molecule has 0 saturated heterocycles. The van der Waals surface area contributed by atoms with Gasteiger partial charge in [0.1, 0.15) is 6.54 Å². The third-order valence-corrected chi connectivity index (χ3v) is 3.91. The monoisotopic (exact) mass is 361 g/mol. The molecule has 4 nitrogen and oxygen atoms in total. The zero-order valence-corrected chi connectivity index (χ0v) is 13.4. The maximum atomic E-state index is 11.8. The number of benzene rings is 2. The van der Waals surface area contributed by atoms with Gasteiger partial charge in [-0.3, -0.25) is 4.79 Å². The Morgan fingerprint density at radius 1 is 1.24 bits per heavy atom. The zero-order chi connectivity index (χ0) is 14.8. The highest BCUT2D eigenvalue weighted by Gasteiger charge is 2.24. The summed E-state index contributed by atoms with van der Waals surface area (Å²) >= 11 is 8.87. The summed E-state index contributed by atoms with van der Waals surface area (Å²) in [5.41, 5.74) is 2.54. The summed E-state index contributed by atoms with van der Waals surface area (Å²) < 4.78 is 0.965. The lowest BCUT2D eigenvalue weighted by atomic mass is 10.2. The van der Waals surface area contributed by atoms with Gasteiger partial charge < -0.3 is 15.5 Å². The van der Waals surface area contributed by atoms with E-state index in [1.165, 1.54) is 0 Å². The number of halogens is 1. The third-order valence-electron chi connectivity index (χ3n) is 3.09. The van der Waals surface area contributed by atoms with Gasteiger partial charge in [-0.05, 0) is 42.5 Å². The van der Waals surface area contributed by atoms with Crippen LogP contribution in [0.25, 0.3) is 0 Å². The van der Waals surface area contributed by atoms with Gasteiger partial charge in [0, 0.05) is 10.2 Å². The highest BCUT2D eigenvalue weighted by Crippen LogP contribution is 2.29. The molecule has 1 amide bonds. The van der Waals surface area contributed by atoms with Crippen molar-refractivity contribution in [2.45, 2.75) is 0 Å². The number of carbonyl (C=O) groups is 1. The van der Waals surface area contributed by atoms with E-state index in [2.05, 4.69) is 26.6 Å². The number of hydrogen-bond acceptors (Lipinski definition) is 2.